The zero-order valence-electron chi connectivity index (χ0n) is 22.2. The Morgan fingerprint density at radius 3 is 2.52 bits per heavy atom. The van der Waals surface area contributed by atoms with Crippen molar-refractivity contribution in [3.8, 4) is 0 Å². The number of benzene rings is 1. The third kappa shape index (κ3) is 5.39. The lowest BCUT2D eigenvalue weighted by molar-refractivity contribution is 0.102. The Morgan fingerprint density at radius 2 is 1.82 bits per heavy atom. The van der Waals surface area contributed by atoms with E-state index in [4.69, 9.17) is 9.52 Å². The van der Waals surface area contributed by atoms with Crippen LogP contribution in [0, 0.1) is 5.41 Å². The van der Waals surface area contributed by atoms with E-state index in [1.165, 1.54) is 18.9 Å². The van der Waals surface area contributed by atoms with Crippen molar-refractivity contribution in [2.45, 2.75) is 49.6 Å². The van der Waals surface area contributed by atoms with E-state index in [0.717, 1.165) is 31.3 Å². The Kier molecular flexibility index (Phi) is 7.18. The number of aromatic nitrogens is 1. The molecular weight excluding hydrogens is 537 g/mol. The summed E-state index contributed by atoms with van der Waals surface area (Å²) < 4.78 is 47.5. The largest absolute Gasteiger partial charge is 0.460 e. The van der Waals surface area contributed by atoms with Crippen molar-refractivity contribution in [1.82, 2.24) is 9.71 Å². The molecule has 10 nitrogen and oxygen atoms in total. The lowest BCUT2D eigenvalue weighted by atomic mass is 9.93. The molecule has 4 heterocycles. The monoisotopic (exact) mass is 571 g/mol. The fourth-order valence-corrected chi connectivity index (χ4v) is 6.78. The fourth-order valence-electron chi connectivity index (χ4n) is 5.74. The number of aliphatic hydroxyl groups excluding tert-OH is 1. The van der Waals surface area contributed by atoms with Gasteiger partial charge in [0.15, 0.2) is 11.4 Å². The maximum atomic E-state index is 13.8. The Hall–Kier alpha value is -3.22. The van der Waals surface area contributed by atoms with Gasteiger partial charge in [0, 0.05) is 38.1 Å². The Labute approximate surface area is 232 Å². The van der Waals surface area contributed by atoms with Gasteiger partial charge in [-0.1, -0.05) is 0 Å². The fraction of sp³-hybridized carbons (Fsp3) is 0.500. The van der Waals surface area contributed by atoms with E-state index >= 15 is 0 Å². The molecule has 0 bridgehead atoms. The summed E-state index contributed by atoms with van der Waals surface area (Å²) in [6.07, 6.45) is 6.00. The van der Waals surface area contributed by atoms with Gasteiger partial charge in [-0.05, 0) is 74.3 Å². The highest BCUT2D eigenvalue weighted by Gasteiger charge is 2.44. The predicted molar refractivity (Wildman–Crippen MR) is 150 cm³/mol. The molecule has 12 heteroatoms. The van der Waals surface area contributed by atoms with E-state index in [1.54, 1.807) is 30.5 Å². The smallest absolute Gasteiger partial charge is 0.274 e. The second kappa shape index (κ2) is 10.6. The second-order valence-corrected chi connectivity index (χ2v) is 12.8. The molecule has 3 fully saturated rings. The summed E-state index contributed by atoms with van der Waals surface area (Å²) in [4.78, 5) is 22.4. The average Bonchev–Trinajstić information content (AvgIpc) is 3.53. The van der Waals surface area contributed by atoms with Crippen LogP contribution in [0.5, 0.6) is 0 Å². The number of hydrogen-bond acceptors (Lipinski definition) is 8. The number of rotatable bonds is 8. The molecule has 3 aromatic rings. The van der Waals surface area contributed by atoms with Crippen molar-refractivity contribution in [3.63, 3.8) is 0 Å². The summed E-state index contributed by atoms with van der Waals surface area (Å²) in [5.41, 5.74) is 2.29. The number of nitrogens with zero attached hydrogens (tertiary/aromatic N) is 3. The van der Waals surface area contributed by atoms with E-state index in [-0.39, 0.29) is 23.7 Å². The van der Waals surface area contributed by atoms with E-state index in [9.17, 15) is 17.6 Å². The van der Waals surface area contributed by atoms with E-state index in [2.05, 4.69) is 19.9 Å². The predicted octanol–water partition coefficient (Wildman–Crippen LogP) is 3.67. The summed E-state index contributed by atoms with van der Waals surface area (Å²) in [6, 6.07) is 8.06. The van der Waals surface area contributed by atoms with Crippen molar-refractivity contribution in [1.29, 1.82) is 0 Å². The van der Waals surface area contributed by atoms with Crippen molar-refractivity contribution >= 4 is 44.1 Å². The average molecular weight is 572 g/mol. The molecule has 2 aromatic heterocycles. The zero-order chi connectivity index (χ0) is 27.9. The lowest BCUT2D eigenvalue weighted by Crippen LogP contribution is -2.36. The Balaban J connectivity index is 1.31. The first-order valence-electron chi connectivity index (χ1n) is 13.9. The molecule has 1 aromatic carbocycles. The summed E-state index contributed by atoms with van der Waals surface area (Å²) in [7, 11) is -3.84. The minimum absolute atomic E-state index is 0.0668. The molecule has 0 radical (unpaired) electrons. The van der Waals surface area contributed by atoms with Crippen LogP contribution in [-0.2, 0) is 10.0 Å². The van der Waals surface area contributed by atoms with Gasteiger partial charge in [-0.25, -0.2) is 22.5 Å². The summed E-state index contributed by atoms with van der Waals surface area (Å²) in [5, 5.41) is 12.8. The van der Waals surface area contributed by atoms with E-state index < -0.39 is 22.1 Å². The molecule has 214 valence electrons. The Morgan fingerprint density at radius 1 is 1.07 bits per heavy atom. The molecule has 40 heavy (non-hydrogen) atoms. The quantitative estimate of drug-likeness (QED) is 0.374. The lowest BCUT2D eigenvalue weighted by Gasteiger charge is -2.35. The van der Waals surface area contributed by atoms with Crippen molar-refractivity contribution in [2.24, 2.45) is 5.41 Å². The number of aliphatic hydroxyl groups is 1. The van der Waals surface area contributed by atoms with Gasteiger partial charge >= 0.3 is 0 Å². The molecule has 1 spiro atoms. The van der Waals surface area contributed by atoms with Crippen LogP contribution in [0.2, 0.25) is 0 Å². The van der Waals surface area contributed by atoms with Crippen LogP contribution in [0.25, 0.3) is 11.0 Å². The number of alkyl halides is 1. The minimum atomic E-state index is -3.84. The first kappa shape index (κ1) is 27.0. The minimum Gasteiger partial charge on any atom is -0.460 e. The van der Waals surface area contributed by atoms with Gasteiger partial charge < -0.3 is 24.6 Å². The molecule has 3 aliphatic rings. The highest BCUT2D eigenvalue weighted by atomic mass is 32.2. The van der Waals surface area contributed by atoms with Crippen LogP contribution in [-0.4, -0.2) is 69.9 Å². The topological polar surface area (TPSA) is 128 Å². The van der Waals surface area contributed by atoms with Crippen LogP contribution >= 0.6 is 0 Å². The molecule has 1 aliphatic carbocycles. The van der Waals surface area contributed by atoms with Crippen LogP contribution in [0.1, 0.15) is 49.0 Å². The second-order valence-electron chi connectivity index (χ2n) is 11.1. The van der Waals surface area contributed by atoms with Gasteiger partial charge in [-0.2, -0.15) is 0 Å². The maximum absolute atomic E-state index is 13.8. The van der Waals surface area contributed by atoms with Crippen LogP contribution < -0.4 is 19.8 Å². The number of hydrogen-bond donors (Lipinski definition) is 3. The first-order valence-corrected chi connectivity index (χ1v) is 15.3. The molecule has 1 amide bonds. The van der Waals surface area contributed by atoms with Gasteiger partial charge in [0.25, 0.3) is 5.91 Å². The number of nitrogens with one attached hydrogen (secondary N) is 2. The number of furan rings is 1. The standard InChI is InChI=1S/C28H34FN5O5S/c29-20-3-11-34(12-4-20)26-25-19(5-16-39-25)17-23(31-26)27(36)32-22-2-1-21(40(37,38)30-10-15-35)18-24(22)33-13-8-28(6-7-28)9-14-33/h1-2,5,16-18,20,30,35H,3-4,6-15H2,(H,32,36). The van der Waals surface area contributed by atoms with Gasteiger partial charge in [-0.3, -0.25) is 4.79 Å². The number of halogens is 1. The first-order chi connectivity index (χ1) is 19.3. The molecular formula is C28H34FN5O5S. The van der Waals surface area contributed by atoms with Gasteiger partial charge in [0.1, 0.15) is 11.9 Å². The molecule has 2 aliphatic heterocycles. The third-order valence-electron chi connectivity index (χ3n) is 8.43. The van der Waals surface area contributed by atoms with Crippen molar-refractivity contribution < 1.29 is 27.1 Å². The number of anilines is 3. The van der Waals surface area contributed by atoms with Crippen LogP contribution in [0.4, 0.5) is 21.6 Å². The number of sulfonamides is 1. The van der Waals surface area contributed by atoms with Gasteiger partial charge in [-0.15, -0.1) is 0 Å². The van der Waals surface area contributed by atoms with Gasteiger partial charge in [0.2, 0.25) is 10.0 Å². The molecule has 6 rings (SSSR count). The van der Waals surface area contributed by atoms with Crippen molar-refractivity contribution in [3.05, 3.63) is 42.3 Å². The Bertz CT molecular complexity index is 1500. The van der Waals surface area contributed by atoms with E-state index in [1.807, 2.05) is 4.90 Å². The zero-order valence-corrected chi connectivity index (χ0v) is 23.1. The number of fused-ring (bicyclic) bond motifs is 1. The SMILES string of the molecule is O=C(Nc1ccc(S(=O)(=O)NCCO)cc1N1CCC2(CC1)CC2)c1cc2ccoc2c(N2CCC(F)CC2)n1. The molecule has 2 saturated heterocycles. The number of carbonyl (C=O) groups excluding carboxylic acids is 1. The molecule has 0 unspecified atom stereocenters. The molecule has 1 saturated carbocycles. The summed E-state index contributed by atoms with van der Waals surface area (Å²) in [5.74, 6) is 0.0811. The highest BCUT2D eigenvalue weighted by Crippen LogP contribution is 2.54. The van der Waals surface area contributed by atoms with Gasteiger partial charge in [0.05, 0.1) is 29.1 Å². The maximum Gasteiger partial charge on any atom is 0.274 e. The van der Waals surface area contributed by atoms with E-state index in [0.29, 0.717) is 54.1 Å². The molecule has 0 atom stereocenters. The van der Waals surface area contributed by atoms with Crippen LogP contribution in [0.15, 0.2) is 45.9 Å². The number of amides is 1. The number of piperidine rings is 2. The summed E-state index contributed by atoms with van der Waals surface area (Å²) >= 11 is 0. The number of pyridine rings is 1. The van der Waals surface area contributed by atoms with Crippen LogP contribution in [0.3, 0.4) is 0 Å². The highest BCUT2D eigenvalue weighted by molar-refractivity contribution is 7.89. The normalized spacial score (nSPS) is 19.4. The molecule has 3 N–H and O–H groups in total. The summed E-state index contributed by atoms with van der Waals surface area (Å²) in [6.45, 7) is 2.10. The number of carbonyl (C=O) groups is 1. The third-order valence-corrected chi connectivity index (χ3v) is 9.89. The van der Waals surface area contributed by atoms with Crippen molar-refractivity contribution in [2.75, 3.05) is 54.4 Å².